The van der Waals surface area contributed by atoms with Crippen molar-refractivity contribution >= 4 is 11.8 Å². The summed E-state index contributed by atoms with van der Waals surface area (Å²) in [5.41, 5.74) is 6.04. The van der Waals surface area contributed by atoms with Gasteiger partial charge in [-0.15, -0.1) is 6.42 Å². The predicted octanol–water partition coefficient (Wildman–Crippen LogP) is 1.40. The molecule has 0 aliphatic heterocycles. The second-order valence-corrected chi connectivity index (χ2v) is 3.55. The maximum atomic E-state index is 11.6. The molecule has 0 saturated carbocycles. The zero-order valence-electron chi connectivity index (χ0n) is 10.4. The van der Waals surface area contributed by atoms with Crippen molar-refractivity contribution in [2.24, 2.45) is 0 Å². The van der Waals surface area contributed by atoms with Crippen molar-refractivity contribution in [1.29, 1.82) is 0 Å². The maximum Gasteiger partial charge on any atom is 0.360 e. The number of carbonyl (C=O) groups is 1. The summed E-state index contributed by atoms with van der Waals surface area (Å²) in [7, 11) is 0. The first-order valence-electron chi connectivity index (χ1n) is 5.56. The molecule has 2 N–H and O–H groups in total. The minimum absolute atomic E-state index is 0.144. The number of nitrogen functional groups attached to an aromatic ring is 1. The first kappa shape index (κ1) is 13.1. The van der Waals surface area contributed by atoms with Crippen molar-refractivity contribution in [3.63, 3.8) is 0 Å². The van der Waals surface area contributed by atoms with Gasteiger partial charge in [-0.05, 0) is 13.8 Å². The Labute approximate surface area is 101 Å². The highest BCUT2D eigenvalue weighted by atomic mass is 16.5. The highest BCUT2D eigenvalue weighted by molar-refractivity contribution is 5.92. The van der Waals surface area contributed by atoms with Crippen LogP contribution in [0, 0.1) is 12.3 Å². The second kappa shape index (κ2) is 5.39. The molecular formula is C12H17N3O2. The molecule has 5 heteroatoms. The van der Waals surface area contributed by atoms with Crippen LogP contribution in [0.5, 0.6) is 0 Å². The molecule has 0 aliphatic carbocycles. The monoisotopic (exact) mass is 235 g/mol. The summed E-state index contributed by atoms with van der Waals surface area (Å²) >= 11 is 0. The van der Waals surface area contributed by atoms with E-state index in [1.54, 1.807) is 11.5 Å². The lowest BCUT2D eigenvalue weighted by molar-refractivity contribution is 0.0521. The SMILES string of the molecule is C#CC(C)n1c(CC)nc(C(=O)OCC)c1N. The van der Waals surface area contributed by atoms with Crippen molar-refractivity contribution in [2.45, 2.75) is 33.2 Å². The van der Waals surface area contributed by atoms with Gasteiger partial charge >= 0.3 is 5.97 Å². The fourth-order valence-electron chi connectivity index (χ4n) is 1.60. The van der Waals surface area contributed by atoms with E-state index in [0.29, 0.717) is 12.2 Å². The number of esters is 1. The van der Waals surface area contributed by atoms with Crippen molar-refractivity contribution in [1.82, 2.24) is 9.55 Å². The van der Waals surface area contributed by atoms with Crippen molar-refractivity contribution in [2.75, 3.05) is 12.3 Å². The molecule has 1 aromatic heterocycles. The first-order valence-corrected chi connectivity index (χ1v) is 5.56. The third-order valence-electron chi connectivity index (χ3n) is 2.43. The zero-order valence-corrected chi connectivity index (χ0v) is 10.4. The van der Waals surface area contributed by atoms with Crippen LogP contribution in [0.25, 0.3) is 0 Å². The van der Waals surface area contributed by atoms with E-state index in [0.717, 1.165) is 0 Å². The molecule has 5 nitrogen and oxygen atoms in total. The molecule has 1 heterocycles. The number of anilines is 1. The highest BCUT2D eigenvalue weighted by Crippen LogP contribution is 2.21. The number of ether oxygens (including phenoxy) is 1. The Bertz CT molecular complexity index is 457. The van der Waals surface area contributed by atoms with Crippen LogP contribution in [0.4, 0.5) is 5.82 Å². The van der Waals surface area contributed by atoms with Gasteiger partial charge in [-0.2, -0.15) is 0 Å². The Morgan fingerprint density at radius 2 is 2.29 bits per heavy atom. The summed E-state index contributed by atoms with van der Waals surface area (Å²) in [5, 5.41) is 0. The predicted molar refractivity (Wildman–Crippen MR) is 65.5 cm³/mol. The highest BCUT2D eigenvalue weighted by Gasteiger charge is 2.22. The van der Waals surface area contributed by atoms with Gasteiger partial charge in [0.25, 0.3) is 0 Å². The number of terminal acetylenes is 1. The Morgan fingerprint density at radius 1 is 1.65 bits per heavy atom. The number of aryl methyl sites for hydroxylation is 1. The standard InChI is InChI=1S/C12H17N3O2/c1-5-8(4)15-9(6-2)14-10(11(15)13)12(16)17-7-3/h1,8H,6-7,13H2,2-4H3. The molecule has 17 heavy (non-hydrogen) atoms. The van der Waals surface area contributed by atoms with Crippen molar-refractivity contribution in [3.05, 3.63) is 11.5 Å². The number of imidazole rings is 1. The van der Waals surface area contributed by atoms with Gasteiger partial charge in [0, 0.05) is 6.42 Å². The third-order valence-corrected chi connectivity index (χ3v) is 2.43. The first-order chi connectivity index (χ1) is 8.06. The molecule has 0 aromatic carbocycles. The summed E-state index contributed by atoms with van der Waals surface area (Å²) in [6, 6.07) is -0.236. The van der Waals surface area contributed by atoms with Gasteiger partial charge in [-0.25, -0.2) is 9.78 Å². The lowest BCUT2D eigenvalue weighted by Gasteiger charge is -2.11. The van der Waals surface area contributed by atoms with Crippen LogP contribution >= 0.6 is 0 Å². The van der Waals surface area contributed by atoms with E-state index in [1.807, 2.05) is 13.8 Å². The largest absolute Gasteiger partial charge is 0.461 e. The van der Waals surface area contributed by atoms with Crippen LogP contribution in [-0.4, -0.2) is 22.1 Å². The molecule has 0 fully saturated rings. The van der Waals surface area contributed by atoms with Gasteiger partial charge < -0.3 is 15.0 Å². The Hall–Kier alpha value is -1.96. The molecule has 1 rings (SSSR count). The van der Waals surface area contributed by atoms with Crippen molar-refractivity contribution < 1.29 is 9.53 Å². The average Bonchev–Trinajstić information content (AvgIpc) is 2.65. The third kappa shape index (κ3) is 2.41. The fourth-order valence-corrected chi connectivity index (χ4v) is 1.60. The minimum Gasteiger partial charge on any atom is -0.461 e. The zero-order chi connectivity index (χ0) is 13.0. The van der Waals surface area contributed by atoms with Gasteiger partial charge in [0.05, 0.1) is 12.6 Å². The molecule has 1 atom stereocenters. The lowest BCUT2D eigenvalue weighted by Crippen LogP contribution is -2.12. The van der Waals surface area contributed by atoms with E-state index in [9.17, 15) is 4.79 Å². The van der Waals surface area contributed by atoms with Gasteiger partial charge in [0.1, 0.15) is 11.6 Å². The van der Waals surface area contributed by atoms with E-state index in [1.165, 1.54) is 0 Å². The number of hydrogen-bond acceptors (Lipinski definition) is 4. The maximum absolute atomic E-state index is 11.6. The number of nitrogens with two attached hydrogens (primary N) is 1. The number of aromatic nitrogens is 2. The smallest absolute Gasteiger partial charge is 0.360 e. The van der Waals surface area contributed by atoms with Crippen LogP contribution in [0.3, 0.4) is 0 Å². The second-order valence-electron chi connectivity index (χ2n) is 3.55. The number of rotatable bonds is 4. The molecule has 92 valence electrons. The molecular weight excluding hydrogens is 218 g/mol. The van der Waals surface area contributed by atoms with Crippen LogP contribution in [0.1, 0.15) is 43.1 Å². The minimum atomic E-state index is -0.511. The number of nitrogens with zero attached hydrogens (tertiary/aromatic N) is 2. The van der Waals surface area contributed by atoms with Crippen molar-refractivity contribution in [3.8, 4) is 12.3 Å². The average molecular weight is 235 g/mol. The van der Waals surface area contributed by atoms with E-state index >= 15 is 0 Å². The van der Waals surface area contributed by atoms with Crippen LogP contribution in [0.15, 0.2) is 0 Å². The molecule has 0 radical (unpaired) electrons. The topological polar surface area (TPSA) is 70.1 Å². The molecule has 0 bridgehead atoms. The normalized spacial score (nSPS) is 11.9. The number of carbonyl (C=O) groups excluding carboxylic acids is 1. The number of hydrogen-bond donors (Lipinski definition) is 1. The lowest BCUT2D eigenvalue weighted by atomic mass is 10.3. The van der Waals surface area contributed by atoms with E-state index in [4.69, 9.17) is 16.9 Å². The molecule has 0 amide bonds. The van der Waals surface area contributed by atoms with Crippen LogP contribution < -0.4 is 5.73 Å². The molecule has 0 saturated heterocycles. The summed E-state index contributed by atoms with van der Waals surface area (Å²) < 4.78 is 6.58. The fraction of sp³-hybridized carbons (Fsp3) is 0.500. The van der Waals surface area contributed by atoms with Gasteiger partial charge in [-0.1, -0.05) is 12.8 Å². The van der Waals surface area contributed by atoms with E-state index in [-0.39, 0.29) is 24.2 Å². The Kier molecular flexibility index (Phi) is 4.16. The quantitative estimate of drug-likeness (QED) is 0.632. The summed E-state index contributed by atoms with van der Waals surface area (Å²) in [6.07, 6.45) is 6.02. The van der Waals surface area contributed by atoms with E-state index in [2.05, 4.69) is 10.9 Å². The molecule has 0 spiro atoms. The van der Waals surface area contributed by atoms with Gasteiger partial charge in [0.15, 0.2) is 5.69 Å². The van der Waals surface area contributed by atoms with E-state index < -0.39 is 5.97 Å². The summed E-state index contributed by atoms with van der Waals surface area (Å²) in [4.78, 5) is 15.8. The molecule has 1 aromatic rings. The Morgan fingerprint density at radius 3 is 2.76 bits per heavy atom. The van der Waals surface area contributed by atoms with Crippen LogP contribution in [0.2, 0.25) is 0 Å². The summed E-state index contributed by atoms with van der Waals surface area (Å²) in [5.74, 6) is 3.02. The Balaban J connectivity index is 3.24. The molecule has 0 aliphatic rings. The van der Waals surface area contributed by atoms with Gasteiger partial charge in [0.2, 0.25) is 0 Å². The van der Waals surface area contributed by atoms with Gasteiger partial charge in [-0.3, -0.25) is 0 Å². The summed E-state index contributed by atoms with van der Waals surface area (Å²) in [6.45, 7) is 5.77. The van der Waals surface area contributed by atoms with Crippen LogP contribution in [-0.2, 0) is 11.2 Å². The molecule has 1 unspecified atom stereocenters.